The second-order valence-corrected chi connectivity index (χ2v) is 10.2. The smallest absolute Gasteiger partial charge is 0.305 e. The Balaban J connectivity index is 2.56. The lowest BCUT2D eigenvalue weighted by atomic mass is 9.77. The van der Waals surface area contributed by atoms with Crippen molar-refractivity contribution in [3.8, 4) is 0 Å². The largest absolute Gasteiger partial charge is 0.466 e. The standard InChI is InChI=1S/C26H50O6/c1-5-7-16-26(3,4)24(29)15-14-21-20(22(28)19-23(21)32-18-17-27)12-10-8-9-11-13-25(30)31-6-2/h20-24,27-29H,5-19H2,1-4H3/t20-,21-,22+,23-,24?/m1/s1. The summed E-state index contributed by atoms with van der Waals surface area (Å²) >= 11 is 0. The van der Waals surface area contributed by atoms with Crippen molar-refractivity contribution in [1.82, 2.24) is 0 Å². The van der Waals surface area contributed by atoms with Gasteiger partial charge in [-0.15, -0.1) is 0 Å². The van der Waals surface area contributed by atoms with E-state index in [0.717, 1.165) is 57.8 Å². The molecule has 1 saturated carbocycles. The van der Waals surface area contributed by atoms with Gasteiger partial charge in [0.05, 0.1) is 38.1 Å². The van der Waals surface area contributed by atoms with Gasteiger partial charge in [0, 0.05) is 12.8 Å². The molecule has 1 unspecified atom stereocenters. The molecule has 1 fully saturated rings. The minimum atomic E-state index is -0.395. The third-order valence-electron chi connectivity index (χ3n) is 7.24. The van der Waals surface area contributed by atoms with E-state index in [1.165, 1.54) is 0 Å². The summed E-state index contributed by atoms with van der Waals surface area (Å²) in [4.78, 5) is 11.4. The molecule has 32 heavy (non-hydrogen) atoms. The van der Waals surface area contributed by atoms with Crippen LogP contribution >= 0.6 is 0 Å². The van der Waals surface area contributed by atoms with Crippen LogP contribution in [-0.2, 0) is 14.3 Å². The highest BCUT2D eigenvalue weighted by Gasteiger charge is 2.43. The maximum atomic E-state index is 11.4. The van der Waals surface area contributed by atoms with Gasteiger partial charge in [0.25, 0.3) is 0 Å². The van der Waals surface area contributed by atoms with Crippen molar-refractivity contribution in [2.24, 2.45) is 17.3 Å². The van der Waals surface area contributed by atoms with Gasteiger partial charge >= 0.3 is 5.97 Å². The highest BCUT2D eigenvalue weighted by atomic mass is 16.5. The Morgan fingerprint density at radius 3 is 2.44 bits per heavy atom. The molecule has 0 spiro atoms. The highest BCUT2D eigenvalue weighted by Crippen LogP contribution is 2.42. The zero-order valence-electron chi connectivity index (χ0n) is 21.1. The van der Waals surface area contributed by atoms with Gasteiger partial charge < -0.3 is 24.8 Å². The summed E-state index contributed by atoms with van der Waals surface area (Å²) in [6, 6.07) is 0. The van der Waals surface area contributed by atoms with Crippen LogP contribution in [0.4, 0.5) is 0 Å². The van der Waals surface area contributed by atoms with Crippen LogP contribution in [0.3, 0.4) is 0 Å². The van der Waals surface area contributed by atoms with E-state index in [9.17, 15) is 20.1 Å². The number of carbonyl (C=O) groups excluding carboxylic acids is 1. The van der Waals surface area contributed by atoms with Crippen LogP contribution in [0.2, 0.25) is 0 Å². The molecule has 0 bridgehead atoms. The van der Waals surface area contributed by atoms with Crippen molar-refractivity contribution in [3.63, 3.8) is 0 Å². The first kappa shape index (κ1) is 29.3. The Morgan fingerprint density at radius 1 is 1.06 bits per heavy atom. The molecule has 0 aromatic rings. The Kier molecular flexibility index (Phi) is 14.7. The quantitative estimate of drug-likeness (QED) is 0.205. The summed E-state index contributed by atoms with van der Waals surface area (Å²) in [7, 11) is 0. The number of carbonyl (C=O) groups is 1. The van der Waals surface area contributed by atoms with Crippen LogP contribution in [0.15, 0.2) is 0 Å². The van der Waals surface area contributed by atoms with E-state index < -0.39 is 6.10 Å². The number of esters is 1. The lowest BCUT2D eigenvalue weighted by Crippen LogP contribution is -2.32. The van der Waals surface area contributed by atoms with Crippen molar-refractivity contribution in [2.45, 2.75) is 123 Å². The first-order valence-electron chi connectivity index (χ1n) is 13.0. The average Bonchev–Trinajstić information content (AvgIpc) is 3.05. The molecular formula is C26H50O6. The normalized spacial score (nSPS) is 24.6. The monoisotopic (exact) mass is 458 g/mol. The van der Waals surface area contributed by atoms with Gasteiger partial charge in [0.2, 0.25) is 0 Å². The molecule has 3 N–H and O–H groups in total. The minimum absolute atomic E-state index is 0.0167. The topological polar surface area (TPSA) is 96.2 Å². The fraction of sp³-hybridized carbons (Fsp3) is 0.962. The molecule has 1 aliphatic rings. The number of rotatable bonds is 18. The Hall–Kier alpha value is -0.690. The number of aliphatic hydroxyl groups is 3. The van der Waals surface area contributed by atoms with Gasteiger partial charge in [0.15, 0.2) is 0 Å². The molecule has 1 rings (SSSR count). The predicted molar refractivity (Wildman–Crippen MR) is 127 cm³/mol. The van der Waals surface area contributed by atoms with Crippen molar-refractivity contribution in [1.29, 1.82) is 0 Å². The third-order valence-corrected chi connectivity index (χ3v) is 7.24. The van der Waals surface area contributed by atoms with Gasteiger partial charge in [0.1, 0.15) is 0 Å². The second kappa shape index (κ2) is 16.0. The number of hydrogen-bond acceptors (Lipinski definition) is 6. The fourth-order valence-electron chi connectivity index (χ4n) is 5.13. The van der Waals surface area contributed by atoms with Gasteiger partial charge in [-0.05, 0) is 56.3 Å². The lowest BCUT2D eigenvalue weighted by Gasteiger charge is -2.33. The molecule has 1 aliphatic carbocycles. The molecule has 6 nitrogen and oxygen atoms in total. The lowest BCUT2D eigenvalue weighted by molar-refractivity contribution is -0.143. The maximum absolute atomic E-state index is 11.4. The average molecular weight is 459 g/mol. The third kappa shape index (κ3) is 10.5. The molecule has 0 saturated heterocycles. The van der Waals surface area contributed by atoms with E-state index >= 15 is 0 Å². The Bertz CT molecular complexity index is 495. The molecule has 0 amide bonds. The van der Waals surface area contributed by atoms with E-state index in [1.807, 2.05) is 6.92 Å². The fourth-order valence-corrected chi connectivity index (χ4v) is 5.13. The van der Waals surface area contributed by atoms with Crippen LogP contribution < -0.4 is 0 Å². The Labute approximate surface area is 196 Å². The number of aliphatic hydroxyl groups excluding tert-OH is 3. The highest BCUT2D eigenvalue weighted by molar-refractivity contribution is 5.69. The van der Waals surface area contributed by atoms with Crippen molar-refractivity contribution < 1.29 is 29.6 Å². The molecule has 0 aromatic carbocycles. The molecular weight excluding hydrogens is 408 g/mol. The van der Waals surface area contributed by atoms with Gasteiger partial charge in [-0.25, -0.2) is 0 Å². The molecule has 0 heterocycles. The summed E-state index contributed by atoms with van der Waals surface area (Å²) in [5.74, 6) is 0.241. The van der Waals surface area contributed by atoms with E-state index in [0.29, 0.717) is 32.5 Å². The van der Waals surface area contributed by atoms with Crippen molar-refractivity contribution in [2.75, 3.05) is 19.8 Å². The SMILES string of the molecule is CCCCC(C)(C)C(O)CC[C@@H]1[C@@H](CCCCCCC(=O)OCC)[C@@H](O)C[C@H]1OCCO. The van der Waals surface area contributed by atoms with Crippen LogP contribution in [0.25, 0.3) is 0 Å². The van der Waals surface area contributed by atoms with Gasteiger partial charge in [-0.3, -0.25) is 4.79 Å². The van der Waals surface area contributed by atoms with Gasteiger partial charge in [-0.2, -0.15) is 0 Å². The maximum Gasteiger partial charge on any atom is 0.305 e. The summed E-state index contributed by atoms with van der Waals surface area (Å²) in [5, 5.41) is 30.8. The first-order valence-corrected chi connectivity index (χ1v) is 13.0. The van der Waals surface area contributed by atoms with Gasteiger partial charge in [-0.1, -0.05) is 52.9 Å². The summed E-state index contributed by atoms with van der Waals surface area (Å²) in [6.07, 6.45) is 9.87. The summed E-state index contributed by atoms with van der Waals surface area (Å²) < 4.78 is 10.9. The number of hydrogen-bond donors (Lipinski definition) is 3. The van der Waals surface area contributed by atoms with E-state index in [4.69, 9.17) is 9.47 Å². The summed E-state index contributed by atoms with van der Waals surface area (Å²) in [6.45, 7) is 8.99. The van der Waals surface area contributed by atoms with E-state index in [1.54, 1.807) is 0 Å². The molecule has 0 aromatic heterocycles. The second-order valence-electron chi connectivity index (χ2n) is 10.2. The van der Waals surface area contributed by atoms with Crippen molar-refractivity contribution >= 4 is 5.97 Å². The Morgan fingerprint density at radius 2 is 1.78 bits per heavy atom. The van der Waals surface area contributed by atoms with Crippen molar-refractivity contribution in [3.05, 3.63) is 0 Å². The van der Waals surface area contributed by atoms with Crippen LogP contribution in [-0.4, -0.2) is 59.4 Å². The molecule has 0 radical (unpaired) electrons. The first-order chi connectivity index (χ1) is 15.3. The molecule has 6 heteroatoms. The van der Waals surface area contributed by atoms with Crippen LogP contribution in [0.5, 0.6) is 0 Å². The predicted octanol–water partition coefficient (Wildman–Crippen LogP) is 4.62. The number of unbranched alkanes of at least 4 members (excludes halogenated alkanes) is 4. The molecule has 0 aliphatic heterocycles. The molecule has 5 atom stereocenters. The van der Waals surface area contributed by atoms with E-state index in [2.05, 4.69) is 20.8 Å². The summed E-state index contributed by atoms with van der Waals surface area (Å²) in [5.41, 5.74) is -0.108. The van der Waals surface area contributed by atoms with E-state index in [-0.39, 0.29) is 42.0 Å². The zero-order valence-corrected chi connectivity index (χ0v) is 21.1. The van der Waals surface area contributed by atoms with Crippen LogP contribution in [0.1, 0.15) is 105 Å². The van der Waals surface area contributed by atoms with Crippen LogP contribution in [0, 0.1) is 17.3 Å². The number of ether oxygens (including phenoxy) is 2. The zero-order chi connectivity index (χ0) is 24.0. The molecule has 190 valence electrons. The minimum Gasteiger partial charge on any atom is -0.466 e.